The summed E-state index contributed by atoms with van der Waals surface area (Å²) in [5.41, 5.74) is 0.775. The summed E-state index contributed by atoms with van der Waals surface area (Å²) in [5.74, 6) is -1.53. The summed E-state index contributed by atoms with van der Waals surface area (Å²) in [6, 6.07) is 4.86. The fourth-order valence-electron chi connectivity index (χ4n) is 2.34. The maximum atomic E-state index is 13.5. The second-order valence-electron chi connectivity index (χ2n) is 4.39. The molecule has 0 unspecified atom stereocenters. The third-order valence-electron chi connectivity index (χ3n) is 3.23. The number of fused-ring (bicyclic) bond motifs is 1. The molecule has 0 radical (unpaired) electrons. The van der Waals surface area contributed by atoms with Gasteiger partial charge in [0.2, 0.25) is 0 Å². The Morgan fingerprint density at radius 3 is 2.62 bits per heavy atom. The van der Waals surface area contributed by atoms with Crippen molar-refractivity contribution >= 4 is 10.9 Å². The lowest BCUT2D eigenvalue weighted by atomic mass is 10.1. The number of hydrogen-bond acceptors (Lipinski definition) is 1. The van der Waals surface area contributed by atoms with Crippen molar-refractivity contribution in [3.63, 3.8) is 0 Å². The normalized spacial score (nSPS) is 17.9. The van der Waals surface area contributed by atoms with Crippen LogP contribution < -0.4 is 0 Å². The molecule has 1 aromatic carbocycles. The third-order valence-corrected chi connectivity index (χ3v) is 3.23. The molecule has 16 heavy (non-hydrogen) atoms. The van der Waals surface area contributed by atoms with Crippen LogP contribution in [0.5, 0.6) is 0 Å². The van der Waals surface area contributed by atoms with Crippen LogP contribution in [0.2, 0.25) is 0 Å². The minimum absolute atomic E-state index is 0.370. The Balaban J connectivity index is 2.11. The maximum absolute atomic E-state index is 13.5. The number of hydrogen-bond donors (Lipinski definition) is 0. The summed E-state index contributed by atoms with van der Waals surface area (Å²) in [4.78, 5) is 2.19. The molecule has 0 spiro atoms. The minimum Gasteiger partial charge on any atom is -0.342 e. The highest BCUT2D eigenvalue weighted by Gasteiger charge is 2.26. The van der Waals surface area contributed by atoms with Crippen molar-refractivity contribution in [1.29, 1.82) is 0 Å². The molecular weight excluding hydrogens is 210 g/mol. The van der Waals surface area contributed by atoms with Crippen molar-refractivity contribution in [1.82, 2.24) is 9.47 Å². The molecule has 0 bridgehead atoms. The smallest absolute Gasteiger partial charge is 0.168 e. The minimum atomic E-state index is -0.782. The third kappa shape index (κ3) is 1.26. The van der Waals surface area contributed by atoms with Gasteiger partial charge in [0.05, 0.1) is 11.6 Å². The van der Waals surface area contributed by atoms with E-state index in [2.05, 4.69) is 4.90 Å². The van der Waals surface area contributed by atoms with Crippen LogP contribution >= 0.6 is 0 Å². The molecule has 2 heterocycles. The van der Waals surface area contributed by atoms with Gasteiger partial charge in [0.15, 0.2) is 11.6 Å². The summed E-state index contributed by atoms with van der Waals surface area (Å²) in [7, 11) is 2.04. The summed E-state index contributed by atoms with van der Waals surface area (Å²) < 4.78 is 28.5. The standard InChI is InChI=1S/C12H12F2N2/c1-15-6-8(7-15)16-5-4-9-11(16)3-2-10(13)12(9)14/h2-5,8H,6-7H2,1H3. The van der Waals surface area contributed by atoms with Gasteiger partial charge in [-0.3, -0.25) is 0 Å². The van der Waals surface area contributed by atoms with Crippen molar-refractivity contribution in [3.05, 3.63) is 36.0 Å². The highest BCUT2D eigenvalue weighted by molar-refractivity contribution is 5.81. The molecule has 1 aliphatic heterocycles. The fraction of sp³-hybridized carbons (Fsp3) is 0.333. The highest BCUT2D eigenvalue weighted by Crippen LogP contribution is 2.28. The van der Waals surface area contributed by atoms with Gasteiger partial charge in [0.1, 0.15) is 0 Å². The molecule has 1 saturated heterocycles. The summed E-state index contributed by atoms with van der Waals surface area (Å²) in [6.07, 6.45) is 1.84. The maximum Gasteiger partial charge on any atom is 0.168 e. The van der Waals surface area contributed by atoms with Crippen LogP contribution in [-0.4, -0.2) is 29.6 Å². The average Bonchev–Trinajstić information content (AvgIpc) is 2.63. The first-order chi connectivity index (χ1) is 7.66. The van der Waals surface area contributed by atoms with Crippen molar-refractivity contribution in [2.75, 3.05) is 20.1 Å². The van der Waals surface area contributed by atoms with Crippen molar-refractivity contribution in [3.8, 4) is 0 Å². The quantitative estimate of drug-likeness (QED) is 0.719. The number of benzene rings is 1. The van der Waals surface area contributed by atoms with Crippen LogP contribution in [0, 0.1) is 11.6 Å². The number of aromatic nitrogens is 1. The van der Waals surface area contributed by atoms with E-state index in [-0.39, 0.29) is 0 Å². The summed E-state index contributed by atoms with van der Waals surface area (Å²) in [6.45, 7) is 1.92. The molecule has 2 nitrogen and oxygen atoms in total. The lowest BCUT2D eigenvalue weighted by Gasteiger charge is -2.37. The Bertz CT molecular complexity index is 541. The Kier molecular flexibility index (Phi) is 2.01. The summed E-state index contributed by atoms with van der Waals surface area (Å²) in [5, 5.41) is 0.370. The SMILES string of the molecule is CN1CC(n2ccc3c(F)c(F)ccc32)C1. The van der Waals surface area contributed by atoms with Crippen LogP contribution in [0.3, 0.4) is 0 Å². The van der Waals surface area contributed by atoms with Crippen molar-refractivity contribution in [2.24, 2.45) is 0 Å². The number of rotatable bonds is 1. The van der Waals surface area contributed by atoms with Crippen molar-refractivity contribution < 1.29 is 8.78 Å². The van der Waals surface area contributed by atoms with E-state index in [0.717, 1.165) is 18.6 Å². The van der Waals surface area contributed by atoms with E-state index in [1.54, 1.807) is 12.1 Å². The first-order valence-electron chi connectivity index (χ1n) is 5.30. The van der Waals surface area contributed by atoms with E-state index in [4.69, 9.17) is 0 Å². The van der Waals surface area contributed by atoms with Crippen LogP contribution in [0.1, 0.15) is 6.04 Å². The predicted octanol–water partition coefficient (Wildman–Crippen LogP) is 2.41. The molecular formula is C12H12F2N2. The predicted molar refractivity (Wildman–Crippen MR) is 58.4 cm³/mol. The Labute approximate surface area is 92.1 Å². The van der Waals surface area contributed by atoms with Gasteiger partial charge < -0.3 is 9.47 Å². The zero-order valence-electron chi connectivity index (χ0n) is 8.95. The van der Waals surface area contributed by atoms with E-state index in [9.17, 15) is 8.78 Å². The topological polar surface area (TPSA) is 8.17 Å². The molecule has 0 N–H and O–H groups in total. The molecule has 1 fully saturated rings. The molecule has 0 atom stereocenters. The molecule has 4 heteroatoms. The average molecular weight is 222 g/mol. The molecule has 1 aliphatic rings. The molecule has 2 aromatic rings. The van der Waals surface area contributed by atoms with Gasteiger partial charge in [-0.1, -0.05) is 0 Å². The van der Waals surface area contributed by atoms with Crippen molar-refractivity contribution in [2.45, 2.75) is 6.04 Å². The van der Waals surface area contributed by atoms with Gasteiger partial charge in [-0.15, -0.1) is 0 Å². The lowest BCUT2D eigenvalue weighted by Crippen LogP contribution is -2.44. The first kappa shape index (κ1) is 9.78. The Hall–Kier alpha value is -1.42. The zero-order chi connectivity index (χ0) is 11.3. The van der Waals surface area contributed by atoms with E-state index >= 15 is 0 Å². The largest absolute Gasteiger partial charge is 0.342 e. The molecule has 0 aliphatic carbocycles. The second-order valence-corrected chi connectivity index (χ2v) is 4.39. The van der Waals surface area contributed by atoms with Gasteiger partial charge in [0.25, 0.3) is 0 Å². The van der Waals surface area contributed by atoms with E-state index in [1.165, 1.54) is 6.07 Å². The second kappa shape index (κ2) is 3.28. The first-order valence-corrected chi connectivity index (χ1v) is 5.30. The Morgan fingerprint density at radius 2 is 1.94 bits per heavy atom. The van der Waals surface area contributed by atoms with Gasteiger partial charge in [-0.05, 0) is 25.2 Å². The van der Waals surface area contributed by atoms with E-state index in [0.29, 0.717) is 11.4 Å². The van der Waals surface area contributed by atoms with Gasteiger partial charge in [-0.2, -0.15) is 0 Å². The van der Waals surface area contributed by atoms with Gasteiger partial charge >= 0.3 is 0 Å². The Morgan fingerprint density at radius 1 is 1.19 bits per heavy atom. The molecule has 1 aromatic heterocycles. The monoisotopic (exact) mass is 222 g/mol. The molecule has 0 amide bonds. The van der Waals surface area contributed by atoms with E-state index < -0.39 is 11.6 Å². The highest BCUT2D eigenvalue weighted by atomic mass is 19.2. The molecule has 0 saturated carbocycles. The number of likely N-dealkylation sites (tertiary alicyclic amines) is 1. The zero-order valence-corrected chi connectivity index (χ0v) is 8.95. The lowest BCUT2D eigenvalue weighted by molar-refractivity contribution is 0.144. The number of nitrogens with zero attached hydrogens (tertiary/aromatic N) is 2. The number of likely N-dealkylation sites (N-methyl/N-ethyl adjacent to an activating group) is 1. The van der Waals surface area contributed by atoms with Crippen LogP contribution in [0.15, 0.2) is 24.4 Å². The molecule has 3 rings (SSSR count). The summed E-state index contributed by atoms with van der Waals surface area (Å²) >= 11 is 0. The van der Waals surface area contributed by atoms with E-state index in [1.807, 2.05) is 17.8 Å². The number of halogens is 2. The molecule has 84 valence electrons. The van der Waals surface area contributed by atoms with Crippen LogP contribution in [0.4, 0.5) is 8.78 Å². The van der Waals surface area contributed by atoms with Gasteiger partial charge in [-0.25, -0.2) is 8.78 Å². The van der Waals surface area contributed by atoms with Crippen LogP contribution in [-0.2, 0) is 0 Å². The van der Waals surface area contributed by atoms with Crippen LogP contribution in [0.25, 0.3) is 10.9 Å². The fourth-order valence-corrected chi connectivity index (χ4v) is 2.34. The van der Waals surface area contributed by atoms with Gasteiger partial charge in [0, 0.05) is 24.7 Å².